The molecule has 0 aromatic carbocycles. The molecule has 0 unspecified atom stereocenters. The van der Waals surface area contributed by atoms with Crippen molar-refractivity contribution in [3.8, 4) is 11.4 Å². The van der Waals surface area contributed by atoms with Crippen molar-refractivity contribution in [2.24, 2.45) is 0 Å². The van der Waals surface area contributed by atoms with E-state index >= 15 is 0 Å². The minimum atomic E-state index is 0.721. The highest BCUT2D eigenvalue weighted by Crippen LogP contribution is 2.21. The summed E-state index contributed by atoms with van der Waals surface area (Å²) in [6.45, 7) is 8.83. The van der Waals surface area contributed by atoms with Crippen LogP contribution in [0, 0.1) is 27.7 Å². The van der Waals surface area contributed by atoms with Crippen molar-refractivity contribution < 1.29 is 4.52 Å². The van der Waals surface area contributed by atoms with Crippen LogP contribution in [0.2, 0.25) is 0 Å². The van der Waals surface area contributed by atoms with Crippen LogP contribution in [0.5, 0.6) is 0 Å². The lowest BCUT2D eigenvalue weighted by molar-refractivity contribution is 0.392. The molecule has 3 aromatic rings. The third kappa shape index (κ3) is 3.84. The average molecular weight is 337 g/mol. The van der Waals surface area contributed by atoms with Gasteiger partial charge in [-0.15, -0.1) is 0 Å². The van der Waals surface area contributed by atoms with Crippen molar-refractivity contribution >= 4 is 5.82 Å². The number of rotatable bonds is 6. The molecule has 130 valence electrons. The molecule has 0 saturated carbocycles. The van der Waals surface area contributed by atoms with Crippen molar-refractivity contribution in [1.29, 1.82) is 0 Å². The Kier molecular flexibility index (Phi) is 5.07. The van der Waals surface area contributed by atoms with Gasteiger partial charge in [-0.1, -0.05) is 5.16 Å². The minimum Gasteiger partial charge on any atom is -0.370 e. The molecule has 0 amide bonds. The highest BCUT2D eigenvalue weighted by molar-refractivity contribution is 5.59. The van der Waals surface area contributed by atoms with E-state index in [4.69, 9.17) is 9.51 Å². The summed E-state index contributed by atoms with van der Waals surface area (Å²) in [5.41, 5.74) is 5.21. The monoisotopic (exact) mass is 337 g/mol. The van der Waals surface area contributed by atoms with E-state index in [9.17, 15) is 0 Å². The SMILES string of the molecule is Cc1nc(-c2ccncc2)nc(NCCCc2c(C)noc2C)c1C. The fraction of sp³-hybridized carbons (Fsp3) is 0.368. The van der Waals surface area contributed by atoms with E-state index in [2.05, 4.69) is 20.4 Å². The molecule has 3 aromatic heterocycles. The lowest BCUT2D eigenvalue weighted by atomic mass is 10.1. The normalized spacial score (nSPS) is 10.9. The van der Waals surface area contributed by atoms with Crippen LogP contribution in [0.25, 0.3) is 11.4 Å². The lowest BCUT2D eigenvalue weighted by Gasteiger charge is -2.12. The van der Waals surface area contributed by atoms with Gasteiger partial charge < -0.3 is 9.84 Å². The Hall–Kier alpha value is -2.76. The van der Waals surface area contributed by atoms with Crippen molar-refractivity contribution in [3.05, 3.63) is 52.8 Å². The van der Waals surface area contributed by atoms with Crippen LogP contribution in [0.3, 0.4) is 0 Å². The number of aromatic nitrogens is 4. The van der Waals surface area contributed by atoms with Crippen LogP contribution in [0.15, 0.2) is 29.0 Å². The summed E-state index contributed by atoms with van der Waals surface area (Å²) in [6.07, 6.45) is 5.43. The van der Waals surface area contributed by atoms with Gasteiger partial charge in [0.05, 0.1) is 5.69 Å². The fourth-order valence-electron chi connectivity index (χ4n) is 2.76. The molecule has 0 atom stereocenters. The summed E-state index contributed by atoms with van der Waals surface area (Å²) in [6, 6.07) is 3.84. The summed E-state index contributed by atoms with van der Waals surface area (Å²) >= 11 is 0. The first-order valence-electron chi connectivity index (χ1n) is 8.47. The second-order valence-electron chi connectivity index (χ2n) is 6.18. The Morgan fingerprint density at radius 2 is 1.76 bits per heavy atom. The van der Waals surface area contributed by atoms with E-state index in [0.717, 1.165) is 59.3 Å². The molecule has 3 rings (SSSR count). The lowest BCUT2D eigenvalue weighted by Crippen LogP contribution is -2.09. The number of hydrogen-bond acceptors (Lipinski definition) is 6. The highest BCUT2D eigenvalue weighted by atomic mass is 16.5. The Morgan fingerprint density at radius 3 is 2.44 bits per heavy atom. The molecule has 0 aliphatic heterocycles. The molecular formula is C19H23N5O. The number of hydrogen-bond donors (Lipinski definition) is 1. The number of aryl methyl sites for hydroxylation is 3. The van der Waals surface area contributed by atoms with E-state index in [1.165, 1.54) is 5.56 Å². The fourth-order valence-corrected chi connectivity index (χ4v) is 2.76. The zero-order valence-electron chi connectivity index (χ0n) is 15.1. The van der Waals surface area contributed by atoms with Crippen molar-refractivity contribution in [2.45, 2.75) is 40.5 Å². The first kappa shape index (κ1) is 17.1. The molecule has 3 heterocycles. The first-order valence-corrected chi connectivity index (χ1v) is 8.47. The predicted molar refractivity (Wildman–Crippen MR) is 97.5 cm³/mol. The molecule has 0 bridgehead atoms. The zero-order valence-corrected chi connectivity index (χ0v) is 15.1. The summed E-state index contributed by atoms with van der Waals surface area (Å²) < 4.78 is 5.21. The van der Waals surface area contributed by atoms with Crippen molar-refractivity contribution in [3.63, 3.8) is 0 Å². The molecule has 25 heavy (non-hydrogen) atoms. The van der Waals surface area contributed by atoms with Crippen LogP contribution < -0.4 is 5.32 Å². The smallest absolute Gasteiger partial charge is 0.161 e. The predicted octanol–water partition coefficient (Wildman–Crippen LogP) is 3.80. The number of anilines is 1. The zero-order chi connectivity index (χ0) is 17.8. The first-order chi connectivity index (χ1) is 12.1. The number of nitrogens with zero attached hydrogens (tertiary/aromatic N) is 4. The number of nitrogens with one attached hydrogen (secondary N) is 1. The summed E-state index contributed by atoms with van der Waals surface area (Å²) in [7, 11) is 0. The van der Waals surface area contributed by atoms with Crippen molar-refractivity contribution in [1.82, 2.24) is 20.1 Å². The Balaban J connectivity index is 1.69. The van der Waals surface area contributed by atoms with E-state index < -0.39 is 0 Å². The van der Waals surface area contributed by atoms with Crippen LogP contribution in [-0.4, -0.2) is 26.7 Å². The Bertz CT molecular complexity index is 838. The molecule has 0 spiro atoms. The molecular weight excluding hydrogens is 314 g/mol. The minimum absolute atomic E-state index is 0.721. The molecule has 0 fully saturated rings. The van der Waals surface area contributed by atoms with Crippen LogP contribution >= 0.6 is 0 Å². The second-order valence-corrected chi connectivity index (χ2v) is 6.18. The van der Waals surface area contributed by atoms with Gasteiger partial charge in [-0.05, 0) is 52.7 Å². The maximum Gasteiger partial charge on any atom is 0.161 e. The molecule has 0 saturated heterocycles. The standard InChI is InChI=1S/C19H23N5O/c1-12-13(2)22-19(16-7-10-20-11-8-16)23-18(12)21-9-5-6-17-14(3)24-25-15(17)4/h7-8,10-11H,5-6,9H2,1-4H3,(H,21,22,23). The quantitative estimate of drug-likeness (QED) is 0.689. The molecule has 0 radical (unpaired) electrons. The van der Waals surface area contributed by atoms with Gasteiger partial charge in [-0.3, -0.25) is 4.98 Å². The summed E-state index contributed by atoms with van der Waals surface area (Å²) in [5, 5.41) is 7.45. The molecule has 1 N–H and O–H groups in total. The van der Waals surface area contributed by atoms with Gasteiger partial charge >= 0.3 is 0 Å². The van der Waals surface area contributed by atoms with E-state index in [1.54, 1.807) is 12.4 Å². The van der Waals surface area contributed by atoms with Gasteiger partial charge in [-0.2, -0.15) is 0 Å². The van der Waals surface area contributed by atoms with Gasteiger partial charge in [-0.25, -0.2) is 9.97 Å². The van der Waals surface area contributed by atoms with Crippen molar-refractivity contribution in [2.75, 3.05) is 11.9 Å². The van der Waals surface area contributed by atoms with E-state index in [0.29, 0.717) is 0 Å². The largest absolute Gasteiger partial charge is 0.370 e. The maximum atomic E-state index is 5.21. The summed E-state index contributed by atoms with van der Waals surface area (Å²) in [5.74, 6) is 2.52. The Morgan fingerprint density at radius 1 is 1.00 bits per heavy atom. The highest BCUT2D eigenvalue weighted by Gasteiger charge is 2.11. The maximum absolute atomic E-state index is 5.21. The Labute approximate surface area is 147 Å². The second kappa shape index (κ2) is 7.42. The molecule has 6 heteroatoms. The van der Waals surface area contributed by atoms with Gasteiger partial charge in [0.15, 0.2) is 5.82 Å². The van der Waals surface area contributed by atoms with E-state index in [1.807, 2.05) is 39.8 Å². The van der Waals surface area contributed by atoms with Gasteiger partial charge in [0.2, 0.25) is 0 Å². The van der Waals surface area contributed by atoms with Crippen LogP contribution in [-0.2, 0) is 6.42 Å². The molecule has 0 aliphatic carbocycles. The van der Waals surface area contributed by atoms with Crippen LogP contribution in [0.1, 0.15) is 34.7 Å². The van der Waals surface area contributed by atoms with Gasteiger partial charge in [0.1, 0.15) is 11.6 Å². The third-order valence-corrected chi connectivity index (χ3v) is 4.40. The number of pyridine rings is 1. The molecule has 6 nitrogen and oxygen atoms in total. The summed E-state index contributed by atoms with van der Waals surface area (Å²) in [4.78, 5) is 13.3. The third-order valence-electron chi connectivity index (χ3n) is 4.40. The topological polar surface area (TPSA) is 76.7 Å². The van der Waals surface area contributed by atoms with E-state index in [-0.39, 0.29) is 0 Å². The average Bonchev–Trinajstić information content (AvgIpc) is 2.94. The molecule has 0 aliphatic rings. The van der Waals surface area contributed by atoms with Gasteiger partial charge in [0.25, 0.3) is 0 Å². The van der Waals surface area contributed by atoms with Crippen LogP contribution in [0.4, 0.5) is 5.82 Å². The van der Waals surface area contributed by atoms with Gasteiger partial charge in [0, 0.05) is 41.3 Å².